The van der Waals surface area contributed by atoms with Gasteiger partial charge in [-0.25, -0.2) is 0 Å². The molecule has 0 aromatic heterocycles. The first-order chi connectivity index (χ1) is 11.4. The molecule has 1 aromatic rings. The maximum absolute atomic E-state index is 8.85. The fourth-order valence-corrected chi connectivity index (χ4v) is 3.42. The maximum Gasteiger partial charge on any atom is 0.0991 e. The Bertz CT molecular complexity index is 514. The van der Waals surface area contributed by atoms with Crippen LogP contribution in [-0.4, -0.2) is 57.0 Å². The Hall–Kier alpha value is -1.45. The normalized spacial score (nSPS) is 23.5. The lowest BCUT2D eigenvalue weighted by Gasteiger charge is -2.37. The lowest BCUT2D eigenvalue weighted by atomic mass is 9.96. The average molecular weight is 315 g/mol. The molecule has 0 spiro atoms. The summed E-state index contributed by atoms with van der Waals surface area (Å²) in [6.07, 6.45) is 1.15. The summed E-state index contributed by atoms with van der Waals surface area (Å²) in [4.78, 5) is 2.55. The van der Waals surface area contributed by atoms with Crippen molar-refractivity contribution in [2.75, 3.05) is 46.1 Å². The summed E-state index contributed by atoms with van der Waals surface area (Å²) in [5, 5.41) is 12.4. The number of nitrogens with zero attached hydrogens (tertiary/aromatic N) is 2. The van der Waals surface area contributed by atoms with Gasteiger partial charge in [0.25, 0.3) is 0 Å². The SMILES string of the molecule is N#Cc1ccc(CNC[C@H]([C@H]2CCOC2)N2CCOCC2)cc1. The monoisotopic (exact) mass is 315 g/mol. The van der Waals surface area contributed by atoms with Crippen molar-refractivity contribution in [2.45, 2.75) is 19.0 Å². The van der Waals surface area contributed by atoms with Gasteiger partial charge in [-0.15, -0.1) is 0 Å². The first-order valence-electron chi connectivity index (χ1n) is 8.46. The van der Waals surface area contributed by atoms with E-state index in [0.717, 1.165) is 59.0 Å². The smallest absolute Gasteiger partial charge is 0.0991 e. The van der Waals surface area contributed by atoms with Crippen LogP contribution in [-0.2, 0) is 16.0 Å². The van der Waals surface area contributed by atoms with Gasteiger partial charge in [0.05, 0.1) is 31.5 Å². The number of hydrogen-bond donors (Lipinski definition) is 1. The molecule has 0 amide bonds. The first kappa shape index (κ1) is 16.4. The Morgan fingerprint density at radius 3 is 2.61 bits per heavy atom. The number of hydrogen-bond acceptors (Lipinski definition) is 5. The van der Waals surface area contributed by atoms with Crippen LogP contribution in [0.15, 0.2) is 24.3 Å². The average Bonchev–Trinajstić information content (AvgIpc) is 3.14. The first-order valence-corrected chi connectivity index (χ1v) is 8.46. The Kier molecular flexibility index (Phi) is 6.00. The summed E-state index contributed by atoms with van der Waals surface area (Å²) in [5.74, 6) is 0.613. The van der Waals surface area contributed by atoms with Crippen molar-refractivity contribution in [3.63, 3.8) is 0 Å². The van der Waals surface area contributed by atoms with Crippen molar-refractivity contribution >= 4 is 0 Å². The van der Waals surface area contributed by atoms with Crippen LogP contribution in [0.5, 0.6) is 0 Å². The standard InChI is InChI=1S/C18H25N3O2/c19-11-15-1-3-16(4-2-15)12-20-13-18(17-5-8-23-14-17)21-6-9-22-10-7-21/h1-4,17-18,20H,5-10,12-14H2/t17-,18+/m0/s1. The molecule has 23 heavy (non-hydrogen) atoms. The van der Waals surface area contributed by atoms with Gasteiger partial charge >= 0.3 is 0 Å². The van der Waals surface area contributed by atoms with E-state index in [9.17, 15) is 0 Å². The molecule has 2 aliphatic heterocycles. The van der Waals surface area contributed by atoms with E-state index >= 15 is 0 Å². The van der Waals surface area contributed by atoms with E-state index in [1.807, 2.05) is 24.3 Å². The molecule has 1 N–H and O–H groups in total. The molecule has 2 heterocycles. The fraction of sp³-hybridized carbons (Fsp3) is 0.611. The molecule has 2 aliphatic rings. The Morgan fingerprint density at radius 1 is 1.17 bits per heavy atom. The van der Waals surface area contributed by atoms with Gasteiger partial charge in [0.1, 0.15) is 0 Å². The van der Waals surface area contributed by atoms with Gasteiger partial charge in [-0.2, -0.15) is 5.26 Å². The second-order valence-corrected chi connectivity index (χ2v) is 6.28. The summed E-state index contributed by atoms with van der Waals surface area (Å²) >= 11 is 0. The van der Waals surface area contributed by atoms with Crippen molar-refractivity contribution in [1.82, 2.24) is 10.2 Å². The van der Waals surface area contributed by atoms with Gasteiger partial charge in [-0.3, -0.25) is 4.90 Å². The molecule has 5 heteroatoms. The largest absolute Gasteiger partial charge is 0.381 e. The zero-order chi connectivity index (χ0) is 15.9. The molecule has 5 nitrogen and oxygen atoms in total. The lowest BCUT2D eigenvalue weighted by molar-refractivity contribution is 0.00137. The highest BCUT2D eigenvalue weighted by Crippen LogP contribution is 2.22. The van der Waals surface area contributed by atoms with Crippen LogP contribution in [0.4, 0.5) is 0 Å². The molecule has 1 aromatic carbocycles. The van der Waals surface area contributed by atoms with Crippen molar-refractivity contribution < 1.29 is 9.47 Å². The van der Waals surface area contributed by atoms with Crippen LogP contribution in [0.1, 0.15) is 17.5 Å². The molecule has 0 aliphatic carbocycles. The molecule has 0 bridgehead atoms. The number of nitrogens with one attached hydrogen (secondary N) is 1. The van der Waals surface area contributed by atoms with Crippen molar-refractivity contribution in [3.05, 3.63) is 35.4 Å². The number of rotatable bonds is 6. The zero-order valence-corrected chi connectivity index (χ0v) is 13.5. The van der Waals surface area contributed by atoms with E-state index < -0.39 is 0 Å². The van der Waals surface area contributed by atoms with Crippen LogP contribution in [0.25, 0.3) is 0 Å². The van der Waals surface area contributed by atoms with Crippen molar-refractivity contribution in [3.8, 4) is 6.07 Å². The third kappa shape index (κ3) is 4.52. The number of morpholine rings is 1. The van der Waals surface area contributed by atoms with Gasteiger partial charge < -0.3 is 14.8 Å². The van der Waals surface area contributed by atoms with Crippen molar-refractivity contribution in [1.29, 1.82) is 5.26 Å². The Labute approximate surface area is 138 Å². The molecule has 2 atom stereocenters. The molecule has 124 valence electrons. The van der Waals surface area contributed by atoms with Gasteiger partial charge in [0.15, 0.2) is 0 Å². The van der Waals surface area contributed by atoms with E-state index in [4.69, 9.17) is 14.7 Å². The predicted octanol–water partition coefficient (Wildman–Crippen LogP) is 1.39. The van der Waals surface area contributed by atoms with E-state index in [2.05, 4.69) is 16.3 Å². The minimum absolute atomic E-state index is 0.514. The van der Waals surface area contributed by atoms with Gasteiger partial charge in [0, 0.05) is 44.7 Å². The summed E-state index contributed by atoms with van der Waals surface area (Å²) in [6.45, 7) is 7.26. The highest BCUT2D eigenvalue weighted by Gasteiger charge is 2.31. The molecule has 2 fully saturated rings. The Balaban J connectivity index is 1.53. The third-order valence-corrected chi connectivity index (χ3v) is 4.79. The van der Waals surface area contributed by atoms with E-state index in [1.54, 1.807) is 0 Å². The topological polar surface area (TPSA) is 57.5 Å². The van der Waals surface area contributed by atoms with Crippen LogP contribution in [0.2, 0.25) is 0 Å². The van der Waals surface area contributed by atoms with Gasteiger partial charge in [-0.1, -0.05) is 12.1 Å². The predicted molar refractivity (Wildman–Crippen MR) is 88.0 cm³/mol. The van der Waals surface area contributed by atoms with Crippen LogP contribution in [0, 0.1) is 17.2 Å². The minimum Gasteiger partial charge on any atom is -0.381 e. The minimum atomic E-state index is 0.514. The van der Waals surface area contributed by atoms with Crippen molar-refractivity contribution in [2.24, 2.45) is 5.92 Å². The van der Waals surface area contributed by atoms with Crippen LogP contribution >= 0.6 is 0 Å². The highest BCUT2D eigenvalue weighted by atomic mass is 16.5. The van der Waals surface area contributed by atoms with E-state index in [-0.39, 0.29) is 0 Å². The maximum atomic E-state index is 8.85. The second-order valence-electron chi connectivity index (χ2n) is 6.28. The zero-order valence-electron chi connectivity index (χ0n) is 13.5. The highest BCUT2D eigenvalue weighted by molar-refractivity contribution is 5.31. The third-order valence-electron chi connectivity index (χ3n) is 4.79. The molecular weight excluding hydrogens is 290 g/mol. The number of ether oxygens (including phenoxy) is 2. The second kappa shape index (κ2) is 8.42. The van der Waals surface area contributed by atoms with Gasteiger partial charge in [-0.05, 0) is 24.1 Å². The Morgan fingerprint density at radius 2 is 1.96 bits per heavy atom. The molecule has 3 rings (SSSR count). The molecule has 2 saturated heterocycles. The number of nitriles is 1. The van der Waals surface area contributed by atoms with E-state index in [0.29, 0.717) is 17.5 Å². The van der Waals surface area contributed by atoms with Crippen LogP contribution < -0.4 is 5.32 Å². The van der Waals surface area contributed by atoms with Crippen LogP contribution in [0.3, 0.4) is 0 Å². The molecule has 0 radical (unpaired) electrons. The van der Waals surface area contributed by atoms with E-state index in [1.165, 1.54) is 5.56 Å². The summed E-state index contributed by atoms with van der Waals surface area (Å²) < 4.78 is 11.1. The molecular formula is C18H25N3O2. The summed E-state index contributed by atoms with van der Waals surface area (Å²) in [5.41, 5.74) is 1.93. The summed E-state index contributed by atoms with van der Waals surface area (Å²) in [6, 6.07) is 10.5. The molecule has 0 saturated carbocycles. The number of benzene rings is 1. The molecule has 0 unspecified atom stereocenters. The quantitative estimate of drug-likeness (QED) is 0.859. The summed E-state index contributed by atoms with van der Waals surface area (Å²) in [7, 11) is 0. The lowest BCUT2D eigenvalue weighted by Crippen LogP contribution is -2.51. The fourth-order valence-electron chi connectivity index (χ4n) is 3.42. The van der Waals surface area contributed by atoms with Gasteiger partial charge in [0.2, 0.25) is 0 Å².